The summed E-state index contributed by atoms with van der Waals surface area (Å²) < 4.78 is 10.1. The Bertz CT molecular complexity index is 1520. The minimum Gasteiger partial charge on any atom is -0.466 e. The molecule has 9 nitrogen and oxygen atoms in total. The van der Waals surface area contributed by atoms with E-state index in [4.69, 9.17) is 15.2 Å². The van der Waals surface area contributed by atoms with Gasteiger partial charge in [-0.1, -0.05) is 66.7 Å². The van der Waals surface area contributed by atoms with Gasteiger partial charge in [0, 0.05) is 17.8 Å². The lowest BCUT2D eigenvalue weighted by atomic mass is 9.81. The monoisotopic (exact) mass is 536 g/mol. The third-order valence-corrected chi connectivity index (χ3v) is 6.48. The fourth-order valence-electron chi connectivity index (χ4n) is 4.63. The van der Waals surface area contributed by atoms with Crippen LogP contribution in [0, 0.1) is 11.3 Å². The molecule has 1 amide bonds. The van der Waals surface area contributed by atoms with Crippen LogP contribution in [0.15, 0.2) is 108 Å². The van der Waals surface area contributed by atoms with E-state index in [0.717, 1.165) is 5.56 Å². The first-order valence-electron chi connectivity index (χ1n) is 12.5. The van der Waals surface area contributed by atoms with E-state index in [9.17, 15) is 19.6 Å². The van der Waals surface area contributed by atoms with Crippen molar-refractivity contribution in [3.63, 3.8) is 0 Å². The highest BCUT2D eigenvalue weighted by Crippen LogP contribution is 2.43. The van der Waals surface area contributed by atoms with Gasteiger partial charge in [-0.15, -0.1) is 0 Å². The number of rotatable bonds is 8. The quantitative estimate of drug-likeness (QED) is 0.410. The van der Waals surface area contributed by atoms with Crippen LogP contribution < -0.4 is 16.0 Å². The first kappa shape index (κ1) is 27.7. The van der Waals surface area contributed by atoms with Crippen LogP contribution >= 0.6 is 0 Å². The Hall–Kier alpha value is -5.36. The zero-order valence-corrected chi connectivity index (χ0v) is 22.1. The van der Waals surface area contributed by atoms with Crippen LogP contribution in [0.2, 0.25) is 0 Å². The summed E-state index contributed by atoms with van der Waals surface area (Å²) in [5, 5.41) is 13.0. The van der Waals surface area contributed by atoms with Gasteiger partial charge in [-0.25, -0.2) is 9.59 Å². The number of aryl methyl sites for hydroxylation is 1. The molecule has 3 aromatic carbocycles. The summed E-state index contributed by atoms with van der Waals surface area (Å²) in [5.74, 6) is -2.89. The van der Waals surface area contributed by atoms with Gasteiger partial charge in [0.1, 0.15) is 11.5 Å². The molecular weight excluding hydrogens is 508 g/mol. The molecule has 0 radical (unpaired) electrons. The van der Waals surface area contributed by atoms with Crippen molar-refractivity contribution in [3.05, 3.63) is 119 Å². The number of carbonyl (C=O) groups is 3. The van der Waals surface area contributed by atoms with Gasteiger partial charge in [-0.05, 0) is 35.7 Å². The highest BCUT2D eigenvalue weighted by Gasteiger charge is 2.43. The number of allylic oxidation sites excluding steroid dienone is 1. The largest absolute Gasteiger partial charge is 0.466 e. The summed E-state index contributed by atoms with van der Waals surface area (Å²) in [6.07, 6.45) is 0.829. The van der Waals surface area contributed by atoms with E-state index in [1.165, 1.54) is 19.1 Å². The first-order chi connectivity index (χ1) is 19.4. The van der Waals surface area contributed by atoms with Gasteiger partial charge in [0.15, 0.2) is 0 Å². The van der Waals surface area contributed by atoms with Crippen LogP contribution in [0.5, 0.6) is 0 Å². The molecule has 40 heavy (non-hydrogen) atoms. The van der Waals surface area contributed by atoms with E-state index in [-0.39, 0.29) is 35.0 Å². The molecule has 1 unspecified atom stereocenters. The molecule has 1 atom stereocenters. The number of nitrogens with zero attached hydrogens (tertiary/aromatic N) is 2. The summed E-state index contributed by atoms with van der Waals surface area (Å²) in [5.41, 5.74) is 8.70. The molecule has 0 saturated carbocycles. The molecule has 0 saturated heterocycles. The van der Waals surface area contributed by atoms with Gasteiger partial charge in [0.05, 0.1) is 37.4 Å². The third kappa shape index (κ3) is 5.71. The second kappa shape index (κ2) is 12.5. The predicted octanol–water partition coefficient (Wildman–Crippen LogP) is 4.16. The number of anilines is 2. The van der Waals surface area contributed by atoms with Crippen molar-refractivity contribution in [1.82, 2.24) is 0 Å². The standard InChI is InChI=1S/C31H28N4O5/c1-39-30(37)27-26(21-12-7-4-8-13-21)24(19-32)29(33)35(28(27)31(38)40-2)23-15-9-14-22(18-23)34-25(36)17-16-20-10-5-3-6-11-20/h3-15,18,26H,16-17,33H2,1-2H3,(H,34,36). The summed E-state index contributed by atoms with van der Waals surface area (Å²) >= 11 is 0. The predicted molar refractivity (Wildman–Crippen MR) is 149 cm³/mol. The third-order valence-electron chi connectivity index (χ3n) is 6.48. The number of nitriles is 1. The number of amides is 1. The number of esters is 2. The molecular formula is C31H28N4O5. The number of carbonyl (C=O) groups excluding carboxylic acids is 3. The first-order valence-corrected chi connectivity index (χ1v) is 12.5. The van der Waals surface area contributed by atoms with Gasteiger partial charge in [-0.2, -0.15) is 5.26 Å². The van der Waals surface area contributed by atoms with Crippen molar-refractivity contribution < 1.29 is 23.9 Å². The SMILES string of the molecule is COC(=O)C1=C(C(=O)OC)N(c2cccc(NC(=O)CCc3ccccc3)c2)C(N)=C(C#N)C1c1ccccc1. The number of nitrogens with two attached hydrogens (primary N) is 1. The summed E-state index contributed by atoms with van der Waals surface area (Å²) in [7, 11) is 2.37. The minimum atomic E-state index is -0.968. The lowest BCUT2D eigenvalue weighted by Crippen LogP contribution is -2.40. The summed E-state index contributed by atoms with van der Waals surface area (Å²) in [4.78, 5) is 40.4. The Morgan fingerprint density at radius 3 is 2.20 bits per heavy atom. The summed E-state index contributed by atoms with van der Waals surface area (Å²) in [6.45, 7) is 0. The van der Waals surface area contributed by atoms with Crippen molar-refractivity contribution in [2.24, 2.45) is 5.73 Å². The van der Waals surface area contributed by atoms with Crippen LogP contribution in [0.1, 0.15) is 23.5 Å². The molecule has 0 aromatic heterocycles. The molecule has 0 fully saturated rings. The van der Waals surface area contributed by atoms with Crippen molar-refractivity contribution in [3.8, 4) is 6.07 Å². The Labute approximate surface area is 232 Å². The number of hydrogen-bond acceptors (Lipinski definition) is 8. The number of nitrogens with one attached hydrogen (secondary N) is 1. The molecule has 3 N–H and O–H groups in total. The molecule has 0 bridgehead atoms. The normalized spacial score (nSPS) is 14.8. The molecule has 9 heteroatoms. The average molecular weight is 537 g/mol. The Kier molecular flexibility index (Phi) is 8.62. The van der Waals surface area contributed by atoms with E-state index in [0.29, 0.717) is 23.4 Å². The zero-order valence-electron chi connectivity index (χ0n) is 22.1. The van der Waals surface area contributed by atoms with Crippen molar-refractivity contribution >= 4 is 29.2 Å². The smallest absolute Gasteiger partial charge is 0.355 e. The molecule has 3 aromatic rings. The average Bonchev–Trinajstić information content (AvgIpc) is 2.99. The topological polar surface area (TPSA) is 135 Å². The zero-order chi connectivity index (χ0) is 28.6. The highest BCUT2D eigenvalue weighted by atomic mass is 16.5. The molecule has 4 rings (SSSR count). The maximum atomic E-state index is 13.2. The van der Waals surface area contributed by atoms with Gasteiger partial charge < -0.3 is 20.5 Å². The van der Waals surface area contributed by atoms with Crippen LogP contribution in [0.3, 0.4) is 0 Å². The number of hydrogen-bond donors (Lipinski definition) is 2. The van der Waals surface area contributed by atoms with Crippen molar-refractivity contribution in [1.29, 1.82) is 5.26 Å². The maximum absolute atomic E-state index is 13.2. The van der Waals surface area contributed by atoms with Crippen LogP contribution in [-0.2, 0) is 30.3 Å². The molecule has 202 valence electrons. The molecule has 1 aliphatic heterocycles. The maximum Gasteiger partial charge on any atom is 0.355 e. The van der Waals surface area contributed by atoms with Gasteiger partial charge in [0.2, 0.25) is 5.91 Å². The van der Waals surface area contributed by atoms with E-state index < -0.39 is 17.9 Å². The van der Waals surface area contributed by atoms with Gasteiger partial charge in [-0.3, -0.25) is 9.69 Å². The minimum absolute atomic E-state index is 0.0524. The Morgan fingerprint density at radius 1 is 0.925 bits per heavy atom. The van der Waals surface area contributed by atoms with Crippen LogP contribution in [0.25, 0.3) is 0 Å². The van der Waals surface area contributed by atoms with E-state index in [2.05, 4.69) is 11.4 Å². The van der Waals surface area contributed by atoms with Crippen LogP contribution in [-0.4, -0.2) is 32.1 Å². The number of methoxy groups -OCH3 is 2. The van der Waals surface area contributed by atoms with E-state index >= 15 is 0 Å². The highest BCUT2D eigenvalue weighted by molar-refractivity contribution is 6.06. The fraction of sp³-hybridized carbons (Fsp3) is 0.161. The molecule has 1 aliphatic rings. The van der Waals surface area contributed by atoms with Gasteiger partial charge >= 0.3 is 11.9 Å². The Balaban J connectivity index is 1.77. The summed E-state index contributed by atoms with van der Waals surface area (Å²) in [6, 6.07) is 27.1. The number of ether oxygens (including phenoxy) is 2. The van der Waals surface area contributed by atoms with E-state index in [1.807, 2.05) is 30.3 Å². The molecule has 0 aliphatic carbocycles. The lowest BCUT2D eigenvalue weighted by Gasteiger charge is -2.36. The van der Waals surface area contributed by atoms with E-state index in [1.54, 1.807) is 54.6 Å². The van der Waals surface area contributed by atoms with Gasteiger partial charge in [0.25, 0.3) is 0 Å². The lowest BCUT2D eigenvalue weighted by molar-refractivity contribution is -0.139. The van der Waals surface area contributed by atoms with Crippen molar-refractivity contribution in [2.45, 2.75) is 18.8 Å². The molecule has 1 heterocycles. The number of benzene rings is 3. The second-order valence-electron chi connectivity index (χ2n) is 8.92. The van der Waals surface area contributed by atoms with Crippen molar-refractivity contribution in [2.75, 3.05) is 24.4 Å². The molecule has 0 spiro atoms. The fourth-order valence-corrected chi connectivity index (χ4v) is 4.63. The Morgan fingerprint density at radius 2 is 1.57 bits per heavy atom. The second-order valence-corrected chi connectivity index (χ2v) is 8.92. The van der Waals surface area contributed by atoms with Crippen LogP contribution in [0.4, 0.5) is 11.4 Å².